The first kappa shape index (κ1) is 10.3. The Bertz CT molecular complexity index is 416. The molecule has 0 amide bonds. The van der Waals surface area contributed by atoms with Crippen LogP contribution in [-0.2, 0) is 0 Å². The van der Waals surface area contributed by atoms with Gasteiger partial charge in [-0.15, -0.1) is 0 Å². The van der Waals surface area contributed by atoms with E-state index in [1.54, 1.807) is 6.07 Å². The lowest BCUT2D eigenvalue weighted by Gasteiger charge is -2.11. The number of hydrogen-bond acceptors (Lipinski definition) is 2. The molecule has 1 aromatic rings. The number of hydrogen-bond donors (Lipinski definition) is 1. The molecule has 78 valence electrons. The predicted molar refractivity (Wildman–Crippen MR) is 62.0 cm³/mol. The number of anilines is 1. The second-order valence-corrected chi connectivity index (χ2v) is 4.88. The van der Waals surface area contributed by atoms with Crippen LogP contribution in [0.5, 0.6) is 0 Å². The van der Waals surface area contributed by atoms with Crippen LogP contribution in [-0.4, -0.2) is 6.54 Å². The SMILES string of the molecule is CC1(CNc2ccc(C#N)c(Cl)c2)CC1. The van der Waals surface area contributed by atoms with E-state index in [1.807, 2.05) is 18.2 Å². The van der Waals surface area contributed by atoms with Gasteiger partial charge in [-0.2, -0.15) is 5.26 Å². The van der Waals surface area contributed by atoms with Gasteiger partial charge in [0, 0.05) is 12.2 Å². The average molecular weight is 221 g/mol. The minimum atomic E-state index is 0.473. The van der Waals surface area contributed by atoms with Gasteiger partial charge in [0.15, 0.2) is 0 Å². The zero-order chi connectivity index (χ0) is 10.9. The van der Waals surface area contributed by atoms with Crippen LogP contribution in [0.4, 0.5) is 5.69 Å². The first-order valence-electron chi connectivity index (χ1n) is 5.06. The van der Waals surface area contributed by atoms with Crippen LogP contribution in [0.1, 0.15) is 25.3 Å². The topological polar surface area (TPSA) is 35.8 Å². The number of halogens is 1. The Balaban J connectivity index is 2.03. The summed E-state index contributed by atoms with van der Waals surface area (Å²) < 4.78 is 0. The van der Waals surface area contributed by atoms with Gasteiger partial charge in [-0.3, -0.25) is 0 Å². The van der Waals surface area contributed by atoms with E-state index in [9.17, 15) is 0 Å². The second-order valence-electron chi connectivity index (χ2n) is 4.47. The summed E-state index contributed by atoms with van der Waals surface area (Å²) in [5.41, 5.74) is 1.99. The maximum Gasteiger partial charge on any atom is 0.101 e. The maximum absolute atomic E-state index is 8.72. The van der Waals surface area contributed by atoms with Gasteiger partial charge in [0.1, 0.15) is 6.07 Å². The van der Waals surface area contributed by atoms with Crippen molar-refractivity contribution in [1.82, 2.24) is 0 Å². The largest absolute Gasteiger partial charge is 0.384 e. The molecule has 15 heavy (non-hydrogen) atoms. The maximum atomic E-state index is 8.72. The third-order valence-corrected chi connectivity index (χ3v) is 3.23. The first-order chi connectivity index (χ1) is 7.13. The first-order valence-corrected chi connectivity index (χ1v) is 5.44. The Morgan fingerprint density at radius 3 is 2.80 bits per heavy atom. The Hall–Kier alpha value is -1.20. The summed E-state index contributed by atoms with van der Waals surface area (Å²) in [7, 11) is 0. The molecule has 1 fully saturated rings. The van der Waals surface area contributed by atoms with Crippen molar-refractivity contribution in [3.8, 4) is 6.07 Å². The Morgan fingerprint density at radius 2 is 2.27 bits per heavy atom. The molecule has 0 unspecified atom stereocenters. The summed E-state index contributed by atoms with van der Waals surface area (Å²) in [6.45, 7) is 3.25. The number of nitrogens with one attached hydrogen (secondary N) is 1. The molecule has 2 nitrogen and oxygen atoms in total. The minimum absolute atomic E-state index is 0.473. The van der Waals surface area contributed by atoms with E-state index < -0.39 is 0 Å². The zero-order valence-electron chi connectivity index (χ0n) is 8.68. The van der Waals surface area contributed by atoms with Crippen LogP contribution < -0.4 is 5.32 Å². The fraction of sp³-hybridized carbons (Fsp3) is 0.417. The molecular formula is C12H13ClN2. The van der Waals surface area contributed by atoms with Crippen molar-refractivity contribution in [2.45, 2.75) is 19.8 Å². The van der Waals surface area contributed by atoms with Crippen LogP contribution in [0.25, 0.3) is 0 Å². The van der Waals surface area contributed by atoms with E-state index in [4.69, 9.17) is 16.9 Å². The number of benzene rings is 1. The highest BCUT2D eigenvalue weighted by Crippen LogP contribution is 2.44. The van der Waals surface area contributed by atoms with Crippen molar-refractivity contribution in [1.29, 1.82) is 5.26 Å². The van der Waals surface area contributed by atoms with Gasteiger partial charge in [0.2, 0.25) is 0 Å². The Morgan fingerprint density at radius 1 is 1.53 bits per heavy atom. The van der Waals surface area contributed by atoms with E-state index in [1.165, 1.54) is 12.8 Å². The van der Waals surface area contributed by atoms with Gasteiger partial charge in [-0.05, 0) is 36.5 Å². The lowest BCUT2D eigenvalue weighted by molar-refractivity contribution is 0.611. The smallest absolute Gasteiger partial charge is 0.101 e. The predicted octanol–water partition coefficient (Wildman–Crippen LogP) is 3.42. The molecule has 0 aromatic heterocycles. The molecule has 0 atom stereocenters. The number of nitriles is 1. The second kappa shape index (κ2) is 3.75. The molecule has 0 bridgehead atoms. The normalized spacial score (nSPS) is 16.9. The Labute approximate surface area is 94.9 Å². The van der Waals surface area contributed by atoms with Crippen LogP contribution in [0.3, 0.4) is 0 Å². The van der Waals surface area contributed by atoms with Crippen molar-refractivity contribution in [3.05, 3.63) is 28.8 Å². The highest BCUT2D eigenvalue weighted by Gasteiger charge is 2.36. The van der Waals surface area contributed by atoms with Gasteiger partial charge in [-0.25, -0.2) is 0 Å². The fourth-order valence-corrected chi connectivity index (χ4v) is 1.64. The standard InChI is InChI=1S/C12H13ClN2/c1-12(4-5-12)8-15-10-3-2-9(7-14)11(13)6-10/h2-3,6,15H,4-5,8H2,1H3. The van der Waals surface area contributed by atoms with E-state index in [0.29, 0.717) is 16.0 Å². The third-order valence-electron chi connectivity index (χ3n) is 2.91. The molecule has 1 aromatic carbocycles. The summed E-state index contributed by atoms with van der Waals surface area (Å²) in [6, 6.07) is 7.51. The molecule has 1 aliphatic rings. The molecule has 1 N–H and O–H groups in total. The van der Waals surface area contributed by atoms with E-state index in [0.717, 1.165) is 12.2 Å². The molecule has 2 rings (SSSR count). The monoisotopic (exact) mass is 220 g/mol. The van der Waals surface area contributed by atoms with Crippen LogP contribution in [0.2, 0.25) is 5.02 Å². The summed E-state index contributed by atoms with van der Waals surface area (Å²) in [5, 5.41) is 12.6. The number of nitrogens with zero attached hydrogens (tertiary/aromatic N) is 1. The molecule has 0 heterocycles. The lowest BCUT2D eigenvalue weighted by atomic mass is 10.1. The molecular weight excluding hydrogens is 208 g/mol. The molecule has 0 aliphatic heterocycles. The van der Waals surface area contributed by atoms with Crippen molar-refractivity contribution in [2.75, 3.05) is 11.9 Å². The highest BCUT2D eigenvalue weighted by atomic mass is 35.5. The van der Waals surface area contributed by atoms with Gasteiger partial charge in [0.05, 0.1) is 10.6 Å². The van der Waals surface area contributed by atoms with Gasteiger partial charge in [0.25, 0.3) is 0 Å². The molecule has 0 spiro atoms. The van der Waals surface area contributed by atoms with Crippen molar-refractivity contribution < 1.29 is 0 Å². The van der Waals surface area contributed by atoms with Gasteiger partial charge in [-0.1, -0.05) is 18.5 Å². The van der Waals surface area contributed by atoms with E-state index in [2.05, 4.69) is 12.2 Å². The third kappa shape index (κ3) is 2.43. The summed E-state index contributed by atoms with van der Waals surface area (Å²) >= 11 is 5.93. The molecule has 0 saturated heterocycles. The quantitative estimate of drug-likeness (QED) is 0.847. The van der Waals surface area contributed by atoms with E-state index >= 15 is 0 Å². The molecule has 1 aliphatic carbocycles. The zero-order valence-corrected chi connectivity index (χ0v) is 9.43. The Kier molecular flexibility index (Phi) is 2.58. The van der Waals surface area contributed by atoms with Gasteiger partial charge < -0.3 is 5.32 Å². The molecule has 0 radical (unpaired) electrons. The average Bonchev–Trinajstić information content (AvgIpc) is 2.95. The molecule has 3 heteroatoms. The van der Waals surface area contributed by atoms with Crippen LogP contribution in [0, 0.1) is 16.7 Å². The fourth-order valence-electron chi connectivity index (χ4n) is 1.42. The summed E-state index contributed by atoms with van der Waals surface area (Å²) in [6.07, 6.45) is 2.59. The van der Waals surface area contributed by atoms with Crippen LogP contribution >= 0.6 is 11.6 Å². The van der Waals surface area contributed by atoms with Crippen molar-refractivity contribution in [2.24, 2.45) is 5.41 Å². The summed E-state index contributed by atoms with van der Waals surface area (Å²) in [4.78, 5) is 0. The van der Waals surface area contributed by atoms with E-state index in [-0.39, 0.29) is 0 Å². The molecule has 1 saturated carbocycles. The number of rotatable bonds is 3. The van der Waals surface area contributed by atoms with Crippen molar-refractivity contribution in [3.63, 3.8) is 0 Å². The van der Waals surface area contributed by atoms with Gasteiger partial charge >= 0.3 is 0 Å². The van der Waals surface area contributed by atoms with Crippen molar-refractivity contribution >= 4 is 17.3 Å². The summed E-state index contributed by atoms with van der Waals surface area (Å²) in [5.74, 6) is 0. The highest BCUT2D eigenvalue weighted by molar-refractivity contribution is 6.32. The minimum Gasteiger partial charge on any atom is -0.384 e. The van der Waals surface area contributed by atoms with Crippen LogP contribution in [0.15, 0.2) is 18.2 Å². The lowest BCUT2D eigenvalue weighted by Crippen LogP contribution is -2.11.